The van der Waals surface area contributed by atoms with Gasteiger partial charge in [0.15, 0.2) is 0 Å². The van der Waals surface area contributed by atoms with Crippen molar-refractivity contribution in [3.8, 4) is 11.3 Å². The molecule has 1 aromatic carbocycles. The number of hydrogen-bond acceptors (Lipinski definition) is 3. The number of piperidine rings is 1. The van der Waals surface area contributed by atoms with Gasteiger partial charge in [-0.2, -0.15) is 0 Å². The van der Waals surface area contributed by atoms with Gasteiger partial charge in [-0.1, -0.05) is 36.8 Å². The zero-order valence-electron chi connectivity index (χ0n) is 13.3. The van der Waals surface area contributed by atoms with Gasteiger partial charge in [-0.3, -0.25) is 4.79 Å². The zero-order valence-corrected chi connectivity index (χ0v) is 14.1. The summed E-state index contributed by atoms with van der Waals surface area (Å²) >= 11 is 1.77. The lowest BCUT2D eigenvalue weighted by atomic mass is 9.83. The maximum atomic E-state index is 12.3. The Morgan fingerprint density at radius 3 is 2.48 bits per heavy atom. The van der Waals surface area contributed by atoms with E-state index in [0.29, 0.717) is 17.7 Å². The summed E-state index contributed by atoms with van der Waals surface area (Å²) in [6, 6.07) is 10.4. The number of carbonyl (C=O) groups is 1. The van der Waals surface area contributed by atoms with E-state index in [4.69, 9.17) is 4.98 Å². The van der Waals surface area contributed by atoms with Gasteiger partial charge in [0.05, 0.1) is 10.7 Å². The Hall–Kier alpha value is -1.68. The molecule has 4 heteroatoms. The molecule has 0 spiro atoms. The standard InChI is InChI=1S/C19H22N2OS/c22-19(16-7-4-8-16)21-11-9-15(10-12-21)18-20-17(13-23-18)14-5-2-1-3-6-14/h1-3,5-6,13,15-16H,4,7-12H2. The summed E-state index contributed by atoms with van der Waals surface area (Å²) in [7, 11) is 0. The first-order valence-electron chi connectivity index (χ1n) is 8.61. The molecule has 1 amide bonds. The van der Waals surface area contributed by atoms with E-state index >= 15 is 0 Å². The molecular weight excluding hydrogens is 304 g/mol. The van der Waals surface area contributed by atoms with Crippen molar-refractivity contribution in [3.05, 3.63) is 40.7 Å². The van der Waals surface area contributed by atoms with Gasteiger partial charge < -0.3 is 4.90 Å². The molecule has 2 heterocycles. The van der Waals surface area contributed by atoms with Crippen LogP contribution in [0.3, 0.4) is 0 Å². The summed E-state index contributed by atoms with van der Waals surface area (Å²) in [6.45, 7) is 1.81. The Bertz CT molecular complexity index is 670. The Morgan fingerprint density at radius 1 is 1.09 bits per heavy atom. The van der Waals surface area contributed by atoms with E-state index in [1.54, 1.807) is 11.3 Å². The number of amides is 1. The van der Waals surface area contributed by atoms with Gasteiger partial charge in [-0.25, -0.2) is 4.98 Å². The van der Waals surface area contributed by atoms with Crippen LogP contribution in [0.25, 0.3) is 11.3 Å². The van der Waals surface area contributed by atoms with Gasteiger partial charge in [0.2, 0.25) is 5.91 Å². The third-order valence-electron chi connectivity index (χ3n) is 5.20. The van der Waals surface area contributed by atoms with Crippen molar-refractivity contribution < 1.29 is 4.79 Å². The van der Waals surface area contributed by atoms with Crippen molar-refractivity contribution in [2.75, 3.05) is 13.1 Å². The minimum atomic E-state index is 0.330. The van der Waals surface area contributed by atoms with E-state index in [0.717, 1.165) is 44.5 Å². The van der Waals surface area contributed by atoms with E-state index in [9.17, 15) is 4.79 Å². The third kappa shape index (κ3) is 3.05. The van der Waals surface area contributed by atoms with Crippen molar-refractivity contribution in [2.24, 2.45) is 5.92 Å². The van der Waals surface area contributed by atoms with Crippen LogP contribution in [0.5, 0.6) is 0 Å². The Kier molecular flexibility index (Phi) is 4.17. The number of benzene rings is 1. The van der Waals surface area contributed by atoms with E-state index < -0.39 is 0 Å². The molecule has 0 radical (unpaired) electrons. The molecule has 1 aromatic heterocycles. The van der Waals surface area contributed by atoms with Crippen LogP contribution in [0.2, 0.25) is 0 Å². The Labute approximate surface area is 141 Å². The maximum absolute atomic E-state index is 12.3. The van der Waals surface area contributed by atoms with Gasteiger partial charge >= 0.3 is 0 Å². The van der Waals surface area contributed by atoms with E-state index in [1.807, 2.05) is 6.07 Å². The first kappa shape index (κ1) is 14.9. The van der Waals surface area contributed by atoms with Crippen LogP contribution in [-0.2, 0) is 4.79 Å². The average molecular weight is 326 g/mol. The molecule has 2 aromatic rings. The molecule has 23 heavy (non-hydrogen) atoms. The summed E-state index contributed by atoms with van der Waals surface area (Å²) in [5, 5.41) is 3.40. The van der Waals surface area contributed by atoms with Crippen LogP contribution in [0.1, 0.15) is 43.0 Å². The first-order chi connectivity index (χ1) is 11.3. The second-order valence-electron chi connectivity index (χ2n) is 6.66. The minimum absolute atomic E-state index is 0.330. The molecule has 0 N–H and O–H groups in total. The highest BCUT2D eigenvalue weighted by atomic mass is 32.1. The molecule has 1 aliphatic carbocycles. The molecule has 3 nitrogen and oxygen atoms in total. The molecular formula is C19H22N2OS. The molecule has 0 unspecified atom stereocenters. The minimum Gasteiger partial charge on any atom is -0.342 e. The predicted octanol–water partition coefficient (Wildman–Crippen LogP) is 4.32. The van der Waals surface area contributed by atoms with Gasteiger partial charge in [-0.05, 0) is 25.7 Å². The lowest BCUT2D eigenvalue weighted by Gasteiger charge is -2.36. The topological polar surface area (TPSA) is 33.2 Å². The number of carbonyl (C=O) groups excluding carboxylic acids is 1. The number of likely N-dealkylation sites (tertiary alicyclic amines) is 1. The number of rotatable bonds is 3. The smallest absolute Gasteiger partial charge is 0.225 e. The largest absolute Gasteiger partial charge is 0.342 e. The third-order valence-corrected chi connectivity index (χ3v) is 6.21. The fraction of sp³-hybridized carbons (Fsp3) is 0.474. The van der Waals surface area contributed by atoms with Crippen molar-refractivity contribution in [2.45, 2.75) is 38.0 Å². The van der Waals surface area contributed by atoms with E-state index in [-0.39, 0.29) is 0 Å². The van der Waals surface area contributed by atoms with Gasteiger partial charge in [0, 0.05) is 35.9 Å². The highest BCUT2D eigenvalue weighted by molar-refractivity contribution is 7.10. The number of hydrogen-bond donors (Lipinski definition) is 0. The van der Waals surface area contributed by atoms with Gasteiger partial charge in [0.25, 0.3) is 0 Å². The van der Waals surface area contributed by atoms with Gasteiger partial charge in [0.1, 0.15) is 0 Å². The second kappa shape index (κ2) is 6.44. The molecule has 1 saturated heterocycles. The summed E-state index contributed by atoms with van der Waals surface area (Å²) in [5.41, 5.74) is 2.27. The summed E-state index contributed by atoms with van der Waals surface area (Å²) < 4.78 is 0. The second-order valence-corrected chi connectivity index (χ2v) is 7.55. The molecule has 0 bridgehead atoms. The van der Waals surface area contributed by atoms with Crippen molar-refractivity contribution in [1.29, 1.82) is 0 Å². The fourth-order valence-corrected chi connectivity index (χ4v) is 4.48. The van der Waals surface area contributed by atoms with E-state index in [2.05, 4.69) is 34.5 Å². The first-order valence-corrected chi connectivity index (χ1v) is 9.49. The molecule has 1 saturated carbocycles. The van der Waals surface area contributed by atoms with E-state index in [1.165, 1.54) is 17.0 Å². The van der Waals surface area contributed by atoms with Crippen LogP contribution in [0.4, 0.5) is 0 Å². The SMILES string of the molecule is O=C(C1CCC1)N1CCC(c2nc(-c3ccccc3)cs2)CC1. The van der Waals surface area contributed by atoms with Crippen LogP contribution in [0, 0.1) is 5.92 Å². The van der Waals surface area contributed by atoms with Crippen molar-refractivity contribution in [1.82, 2.24) is 9.88 Å². The summed E-state index contributed by atoms with van der Waals surface area (Å²) in [6.07, 6.45) is 5.55. The van der Waals surface area contributed by atoms with Crippen LogP contribution < -0.4 is 0 Å². The molecule has 2 aliphatic rings. The maximum Gasteiger partial charge on any atom is 0.225 e. The highest BCUT2D eigenvalue weighted by Crippen LogP contribution is 2.35. The molecule has 0 atom stereocenters. The lowest BCUT2D eigenvalue weighted by molar-refractivity contribution is -0.139. The molecule has 4 rings (SSSR count). The number of thiazole rings is 1. The monoisotopic (exact) mass is 326 g/mol. The normalized spacial score (nSPS) is 19.6. The van der Waals surface area contributed by atoms with Crippen LogP contribution in [-0.4, -0.2) is 28.9 Å². The Balaban J connectivity index is 1.39. The average Bonchev–Trinajstić information content (AvgIpc) is 3.04. The van der Waals surface area contributed by atoms with Crippen molar-refractivity contribution in [3.63, 3.8) is 0 Å². The van der Waals surface area contributed by atoms with Crippen LogP contribution in [0.15, 0.2) is 35.7 Å². The van der Waals surface area contributed by atoms with Gasteiger partial charge in [-0.15, -0.1) is 11.3 Å². The lowest BCUT2D eigenvalue weighted by Crippen LogP contribution is -2.43. The number of aromatic nitrogens is 1. The molecule has 2 fully saturated rings. The fourth-order valence-electron chi connectivity index (χ4n) is 3.48. The Morgan fingerprint density at radius 2 is 1.83 bits per heavy atom. The molecule has 1 aliphatic heterocycles. The quantitative estimate of drug-likeness (QED) is 0.842. The predicted molar refractivity (Wildman–Crippen MR) is 93.4 cm³/mol. The highest BCUT2D eigenvalue weighted by Gasteiger charge is 2.32. The zero-order chi connectivity index (χ0) is 15.6. The van der Waals surface area contributed by atoms with Crippen LogP contribution >= 0.6 is 11.3 Å². The summed E-state index contributed by atoms with van der Waals surface area (Å²) in [5.74, 6) is 1.25. The summed E-state index contributed by atoms with van der Waals surface area (Å²) in [4.78, 5) is 19.3. The molecule has 120 valence electrons. The number of nitrogens with zero attached hydrogens (tertiary/aromatic N) is 2. The van der Waals surface area contributed by atoms with Crippen molar-refractivity contribution >= 4 is 17.2 Å².